The number of imide groups is 1. The first kappa shape index (κ1) is 21.2. The Bertz CT molecular complexity index is 1040. The molecule has 0 radical (unpaired) electrons. The van der Waals surface area contributed by atoms with Crippen LogP contribution in [0.15, 0.2) is 48.5 Å². The van der Waals surface area contributed by atoms with Crippen LogP contribution in [0.1, 0.15) is 18.1 Å². The number of hydrogen-bond acceptors (Lipinski definition) is 5. The third-order valence-corrected chi connectivity index (χ3v) is 7.09. The number of hydrogen-bond donors (Lipinski definition) is 1. The van der Waals surface area contributed by atoms with Gasteiger partial charge in [0.1, 0.15) is 18.5 Å². The molecular formula is C24H28ClN5O2. The van der Waals surface area contributed by atoms with Gasteiger partial charge in [-0.2, -0.15) is 0 Å². The van der Waals surface area contributed by atoms with Crippen molar-refractivity contribution in [3.8, 4) is 0 Å². The number of aryl methyl sites for hydroxylation is 1. The molecule has 0 aromatic heterocycles. The zero-order valence-corrected chi connectivity index (χ0v) is 19.3. The number of urea groups is 1. The second-order valence-corrected chi connectivity index (χ2v) is 9.54. The average molecular weight is 454 g/mol. The van der Waals surface area contributed by atoms with Crippen LogP contribution in [0.3, 0.4) is 0 Å². The summed E-state index contributed by atoms with van der Waals surface area (Å²) in [5.41, 5.74) is 3.10. The van der Waals surface area contributed by atoms with Gasteiger partial charge in [0.2, 0.25) is 0 Å². The molecule has 3 aliphatic heterocycles. The molecule has 2 aromatic rings. The van der Waals surface area contributed by atoms with Crippen LogP contribution >= 0.6 is 11.6 Å². The summed E-state index contributed by atoms with van der Waals surface area (Å²) in [4.78, 5) is 34.4. The number of benzene rings is 2. The van der Waals surface area contributed by atoms with Gasteiger partial charge in [0, 0.05) is 30.8 Å². The number of amides is 3. The standard InChI is InChI=1S/C24H28ClN5O2/c1-15-12-28(19-10-8-18(25)9-11-19)23-26-21-20(29(23)13-15)22(31)30(24(32)27(21)3)14-17-7-5-4-6-16(17)2/h4-11,15,20-21,23,26H,12-14H2,1-3H3. The topological polar surface area (TPSA) is 59.1 Å². The fourth-order valence-electron chi connectivity index (χ4n) is 5.16. The van der Waals surface area contributed by atoms with E-state index in [1.807, 2.05) is 55.5 Å². The summed E-state index contributed by atoms with van der Waals surface area (Å²) in [6, 6.07) is 15.0. The molecule has 1 N–H and O–H groups in total. The van der Waals surface area contributed by atoms with E-state index in [0.717, 1.165) is 29.9 Å². The molecule has 3 aliphatic rings. The van der Waals surface area contributed by atoms with E-state index in [-0.39, 0.29) is 30.9 Å². The first-order valence-corrected chi connectivity index (χ1v) is 11.4. The van der Waals surface area contributed by atoms with Crippen LogP contribution in [-0.2, 0) is 11.3 Å². The summed E-state index contributed by atoms with van der Waals surface area (Å²) in [6.07, 6.45) is -0.534. The van der Waals surface area contributed by atoms with Crippen LogP contribution in [0.25, 0.3) is 0 Å². The monoisotopic (exact) mass is 453 g/mol. The largest absolute Gasteiger partial charge is 0.343 e. The van der Waals surface area contributed by atoms with Crippen molar-refractivity contribution in [2.24, 2.45) is 5.92 Å². The van der Waals surface area contributed by atoms with Crippen LogP contribution in [0.2, 0.25) is 5.02 Å². The predicted molar refractivity (Wildman–Crippen MR) is 124 cm³/mol. The lowest BCUT2D eigenvalue weighted by molar-refractivity contribution is -0.139. The molecular weight excluding hydrogens is 426 g/mol. The first-order chi connectivity index (χ1) is 15.3. The molecule has 0 saturated carbocycles. The van der Waals surface area contributed by atoms with Gasteiger partial charge in [0.25, 0.3) is 5.91 Å². The van der Waals surface area contributed by atoms with Crippen molar-refractivity contribution in [2.75, 3.05) is 25.0 Å². The molecule has 0 aliphatic carbocycles. The SMILES string of the molecule is Cc1ccccc1CN1C(=O)C2C(NC3N(c4ccc(Cl)cc4)CC(C)CN23)N(C)C1=O. The molecule has 3 heterocycles. The minimum absolute atomic E-state index is 0.137. The minimum atomic E-state index is -0.427. The highest BCUT2D eigenvalue weighted by Gasteiger charge is 2.56. The summed E-state index contributed by atoms with van der Waals surface area (Å²) in [6.45, 7) is 6.12. The Labute approximate surface area is 193 Å². The Morgan fingerprint density at radius 2 is 1.78 bits per heavy atom. The van der Waals surface area contributed by atoms with Crippen molar-refractivity contribution in [3.63, 3.8) is 0 Å². The fourth-order valence-corrected chi connectivity index (χ4v) is 5.28. The number of nitrogens with zero attached hydrogens (tertiary/aromatic N) is 4. The minimum Gasteiger partial charge on any atom is -0.343 e. The molecule has 168 valence electrons. The molecule has 4 unspecified atom stereocenters. The van der Waals surface area contributed by atoms with Gasteiger partial charge < -0.3 is 9.80 Å². The Hall–Kier alpha value is -2.61. The maximum atomic E-state index is 13.7. The van der Waals surface area contributed by atoms with Gasteiger partial charge in [-0.25, -0.2) is 4.79 Å². The van der Waals surface area contributed by atoms with Crippen LogP contribution in [0.5, 0.6) is 0 Å². The van der Waals surface area contributed by atoms with E-state index >= 15 is 0 Å². The number of anilines is 1. The van der Waals surface area contributed by atoms with E-state index in [4.69, 9.17) is 11.6 Å². The molecule has 0 spiro atoms. The summed E-state index contributed by atoms with van der Waals surface area (Å²) in [5.74, 6) is 0.226. The highest BCUT2D eigenvalue weighted by Crippen LogP contribution is 2.35. The number of halogens is 1. The van der Waals surface area contributed by atoms with Crippen molar-refractivity contribution >= 4 is 29.2 Å². The van der Waals surface area contributed by atoms with Gasteiger partial charge in [-0.05, 0) is 48.2 Å². The van der Waals surface area contributed by atoms with E-state index in [1.165, 1.54) is 4.90 Å². The maximum absolute atomic E-state index is 13.7. The Morgan fingerprint density at radius 1 is 1.06 bits per heavy atom. The summed E-state index contributed by atoms with van der Waals surface area (Å²) >= 11 is 6.10. The van der Waals surface area contributed by atoms with Crippen LogP contribution in [-0.4, -0.2) is 65.3 Å². The number of carbonyl (C=O) groups is 2. The van der Waals surface area contributed by atoms with Gasteiger partial charge in [-0.3, -0.25) is 19.9 Å². The van der Waals surface area contributed by atoms with Crippen LogP contribution in [0, 0.1) is 12.8 Å². The zero-order chi connectivity index (χ0) is 22.6. The lowest BCUT2D eigenvalue weighted by Gasteiger charge is -2.46. The van der Waals surface area contributed by atoms with Crippen molar-refractivity contribution in [3.05, 3.63) is 64.7 Å². The third-order valence-electron chi connectivity index (χ3n) is 6.83. The average Bonchev–Trinajstić information content (AvgIpc) is 3.16. The fraction of sp³-hybridized carbons (Fsp3) is 0.417. The molecule has 3 saturated heterocycles. The van der Waals surface area contributed by atoms with Crippen LogP contribution < -0.4 is 10.2 Å². The number of likely N-dealkylation sites (N-methyl/N-ethyl adjacent to an activating group) is 1. The lowest BCUT2D eigenvalue weighted by atomic mass is 10.0. The smallest absolute Gasteiger partial charge is 0.328 e. The van der Waals surface area contributed by atoms with Crippen molar-refractivity contribution in [1.29, 1.82) is 0 Å². The first-order valence-electron chi connectivity index (χ1n) is 11.0. The third kappa shape index (κ3) is 3.45. The molecule has 5 rings (SSSR count). The van der Waals surface area contributed by atoms with E-state index in [0.29, 0.717) is 10.9 Å². The van der Waals surface area contributed by atoms with Crippen molar-refractivity contribution < 1.29 is 9.59 Å². The molecule has 32 heavy (non-hydrogen) atoms. The number of carbonyl (C=O) groups excluding carboxylic acids is 2. The zero-order valence-electron chi connectivity index (χ0n) is 18.5. The number of nitrogens with one attached hydrogen (secondary N) is 1. The summed E-state index contributed by atoms with van der Waals surface area (Å²) in [7, 11) is 1.78. The van der Waals surface area contributed by atoms with E-state index in [9.17, 15) is 9.59 Å². The van der Waals surface area contributed by atoms with Crippen molar-refractivity contribution in [2.45, 2.75) is 38.9 Å². The highest BCUT2D eigenvalue weighted by molar-refractivity contribution is 6.30. The predicted octanol–water partition coefficient (Wildman–Crippen LogP) is 3.08. The summed E-state index contributed by atoms with van der Waals surface area (Å²) < 4.78 is 0. The Balaban J connectivity index is 1.46. The number of rotatable bonds is 3. The van der Waals surface area contributed by atoms with Gasteiger partial charge >= 0.3 is 6.03 Å². The molecule has 3 fully saturated rings. The highest BCUT2D eigenvalue weighted by atomic mass is 35.5. The molecule has 0 bridgehead atoms. The van der Waals surface area contributed by atoms with Gasteiger partial charge in [-0.15, -0.1) is 0 Å². The Morgan fingerprint density at radius 3 is 2.50 bits per heavy atom. The second-order valence-electron chi connectivity index (χ2n) is 9.11. The molecule has 7 nitrogen and oxygen atoms in total. The molecule has 2 aromatic carbocycles. The van der Waals surface area contributed by atoms with Crippen LogP contribution in [0.4, 0.5) is 10.5 Å². The molecule has 8 heteroatoms. The molecule has 4 atom stereocenters. The maximum Gasteiger partial charge on any atom is 0.328 e. The van der Waals surface area contributed by atoms with Crippen molar-refractivity contribution in [1.82, 2.24) is 20.0 Å². The van der Waals surface area contributed by atoms with E-state index < -0.39 is 6.04 Å². The molecule has 3 amide bonds. The van der Waals surface area contributed by atoms with Gasteiger partial charge in [-0.1, -0.05) is 42.8 Å². The van der Waals surface area contributed by atoms with Gasteiger partial charge in [0.05, 0.1) is 6.54 Å². The summed E-state index contributed by atoms with van der Waals surface area (Å²) in [5, 5.41) is 4.25. The van der Waals surface area contributed by atoms with E-state index in [2.05, 4.69) is 22.0 Å². The van der Waals surface area contributed by atoms with E-state index in [1.54, 1.807) is 11.9 Å². The second kappa shape index (κ2) is 8.06. The van der Waals surface area contributed by atoms with Gasteiger partial charge in [0.15, 0.2) is 0 Å². The normalized spacial score (nSPS) is 28.2. The lowest BCUT2D eigenvalue weighted by Crippen LogP contribution is -2.66. The Kier molecular flexibility index (Phi) is 5.35. The number of fused-ring (bicyclic) bond motifs is 3. The quantitative estimate of drug-likeness (QED) is 0.774.